The highest BCUT2D eigenvalue weighted by atomic mass is 79.9. The molecule has 0 amide bonds. The predicted octanol–water partition coefficient (Wildman–Crippen LogP) is 5.38. The number of nitrogens with zero attached hydrogens (tertiary/aromatic N) is 3. The molecule has 1 atom stereocenters. The Hall–Kier alpha value is -0.320. The van der Waals surface area contributed by atoms with Crippen LogP contribution in [0.25, 0.3) is 0 Å². The Morgan fingerprint density at radius 1 is 1.09 bits per heavy atom. The number of rotatable bonds is 5. The summed E-state index contributed by atoms with van der Waals surface area (Å²) in [6, 6.07) is 5.42. The van der Waals surface area contributed by atoms with E-state index in [2.05, 4.69) is 4.90 Å². The van der Waals surface area contributed by atoms with Crippen molar-refractivity contribution in [2.24, 2.45) is 4.99 Å². The maximum atomic E-state index is 12.9. The Bertz CT molecular complexity index is 964. The molecule has 3 aliphatic rings. The molecule has 186 valence electrons. The van der Waals surface area contributed by atoms with Gasteiger partial charge in [-0.3, -0.25) is 4.99 Å². The van der Waals surface area contributed by atoms with Crippen molar-refractivity contribution in [2.75, 3.05) is 19.8 Å². The van der Waals surface area contributed by atoms with Crippen LogP contribution in [0.3, 0.4) is 0 Å². The van der Waals surface area contributed by atoms with Crippen LogP contribution in [0.2, 0.25) is 5.02 Å². The van der Waals surface area contributed by atoms with E-state index in [0.29, 0.717) is 17.4 Å². The molecule has 1 aromatic rings. The Morgan fingerprint density at radius 3 is 2.30 bits per heavy atom. The van der Waals surface area contributed by atoms with Gasteiger partial charge in [-0.2, -0.15) is 0 Å². The summed E-state index contributed by atoms with van der Waals surface area (Å²) in [6.45, 7) is 0. The summed E-state index contributed by atoms with van der Waals surface area (Å²) in [4.78, 5) is 7.26. The summed E-state index contributed by atoms with van der Waals surface area (Å²) in [7, 11) is -0.755. The minimum absolute atomic E-state index is 0. The molecule has 1 unspecified atom stereocenters. The second-order valence-electron chi connectivity index (χ2n) is 9.40. The van der Waals surface area contributed by atoms with Crippen LogP contribution in [0.15, 0.2) is 28.1 Å². The number of amidine groups is 1. The van der Waals surface area contributed by atoms with Crippen molar-refractivity contribution in [3.05, 3.63) is 28.8 Å². The lowest BCUT2D eigenvalue weighted by Crippen LogP contribution is -2.51. The molecule has 33 heavy (non-hydrogen) atoms. The second kappa shape index (κ2) is 11.2. The maximum absolute atomic E-state index is 12.9. The first kappa shape index (κ1) is 27.3. The Labute approximate surface area is 218 Å². The Morgan fingerprint density at radius 2 is 1.70 bits per heavy atom. The molecule has 0 aromatic heterocycles. The van der Waals surface area contributed by atoms with Crippen LogP contribution in [0.1, 0.15) is 69.8 Å². The summed E-state index contributed by atoms with van der Waals surface area (Å²) in [6.07, 6.45) is 11.4. The van der Waals surface area contributed by atoms with Crippen LogP contribution in [0.4, 0.5) is 0 Å². The molecule has 1 saturated heterocycles. The van der Waals surface area contributed by atoms with Crippen LogP contribution in [-0.4, -0.2) is 59.8 Å². The molecule has 1 aliphatic heterocycles. The van der Waals surface area contributed by atoms with E-state index in [9.17, 15) is 13.5 Å². The van der Waals surface area contributed by atoms with Gasteiger partial charge in [0, 0.05) is 25.7 Å². The average Bonchev–Trinajstić information content (AvgIpc) is 3.12. The van der Waals surface area contributed by atoms with Crippen molar-refractivity contribution in [1.29, 1.82) is 0 Å². The van der Waals surface area contributed by atoms with Gasteiger partial charge in [0.2, 0.25) is 10.0 Å². The van der Waals surface area contributed by atoms with Crippen LogP contribution in [0, 0.1) is 0 Å². The van der Waals surface area contributed by atoms with Crippen LogP contribution < -0.4 is 0 Å². The number of halogens is 2. The van der Waals surface area contributed by atoms with Gasteiger partial charge in [0.1, 0.15) is 4.90 Å². The third kappa shape index (κ3) is 5.59. The highest BCUT2D eigenvalue weighted by Gasteiger charge is 2.48. The van der Waals surface area contributed by atoms with Gasteiger partial charge in [0.05, 0.1) is 16.8 Å². The second-order valence-corrected chi connectivity index (χ2v) is 12.9. The van der Waals surface area contributed by atoms with E-state index in [1.54, 1.807) is 30.0 Å². The standard InChI is InChI=1S/C23H34ClN3O3S2.BrH/c1-26(2)32(29,30)21-15-17(13-14-20(21)24)23(28)16-31-22(25-18-9-5-3-6-10-18)27(23)19-11-7-4-8-12-19;/h13-15,18-19,28H,3-12,16H2,1-2H3;1H. The monoisotopic (exact) mass is 579 g/mol. The summed E-state index contributed by atoms with van der Waals surface area (Å²) in [5, 5.41) is 13.1. The number of benzene rings is 1. The molecule has 1 N–H and O–H groups in total. The van der Waals surface area contributed by atoms with Gasteiger partial charge >= 0.3 is 0 Å². The number of sulfonamides is 1. The lowest BCUT2D eigenvalue weighted by Gasteiger charge is -2.42. The normalized spacial score (nSPS) is 26.7. The van der Waals surface area contributed by atoms with E-state index < -0.39 is 15.7 Å². The molecule has 0 spiro atoms. The highest BCUT2D eigenvalue weighted by Crippen LogP contribution is 2.45. The summed E-state index contributed by atoms with van der Waals surface area (Å²) in [5.74, 6) is 0.429. The first-order chi connectivity index (χ1) is 15.2. The molecule has 0 bridgehead atoms. The third-order valence-corrected chi connectivity index (χ3v) is 10.4. The third-order valence-electron chi connectivity index (χ3n) is 6.97. The van der Waals surface area contributed by atoms with Crippen LogP contribution >= 0.6 is 40.3 Å². The fourth-order valence-electron chi connectivity index (χ4n) is 5.09. The molecule has 2 saturated carbocycles. The topological polar surface area (TPSA) is 73.2 Å². The molecule has 0 radical (unpaired) electrons. The number of hydrogen-bond donors (Lipinski definition) is 1. The number of thioether (sulfide) groups is 1. The predicted molar refractivity (Wildman–Crippen MR) is 142 cm³/mol. The first-order valence-corrected chi connectivity index (χ1v) is 14.5. The summed E-state index contributed by atoms with van der Waals surface area (Å²) < 4.78 is 26.9. The fraction of sp³-hybridized carbons (Fsp3) is 0.696. The van der Waals surface area contributed by atoms with E-state index in [0.717, 1.165) is 48.0 Å². The number of aliphatic hydroxyl groups is 1. The zero-order valence-corrected chi connectivity index (χ0v) is 23.5. The van der Waals surface area contributed by atoms with Crippen molar-refractivity contribution < 1.29 is 13.5 Å². The molecule has 3 fully saturated rings. The van der Waals surface area contributed by atoms with Crippen molar-refractivity contribution in [3.63, 3.8) is 0 Å². The lowest BCUT2D eigenvalue weighted by atomic mass is 9.91. The number of aliphatic imine (C=N–C) groups is 1. The van der Waals surface area contributed by atoms with Crippen molar-refractivity contribution in [2.45, 2.75) is 86.9 Å². The van der Waals surface area contributed by atoms with Crippen molar-refractivity contribution in [1.82, 2.24) is 9.21 Å². The Balaban J connectivity index is 0.00000306. The van der Waals surface area contributed by atoms with E-state index >= 15 is 0 Å². The van der Waals surface area contributed by atoms with E-state index in [-0.39, 0.29) is 32.9 Å². The molecule has 6 nitrogen and oxygen atoms in total. The fourth-order valence-corrected chi connectivity index (χ4v) is 7.79. The van der Waals surface area contributed by atoms with Gasteiger partial charge in [-0.1, -0.05) is 68.0 Å². The first-order valence-electron chi connectivity index (χ1n) is 11.7. The van der Waals surface area contributed by atoms with Gasteiger partial charge < -0.3 is 10.0 Å². The minimum Gasteiger partial charge on any atom is -0.366 e. The van der Waals surface area contributed by atoms with Gasteiger partial charge in [-0.15, -0.1) is 17.0 Å². The molecular formula is C23H35BrClN3O3S2. The van der Waals surface area contributed by atoms with Crippen LogP contribution in [-0.2, 0) is 15.7 Å². The van der Waals surface area contributed by atoms with Gasteiger partial charge in [0.25, 0.3) is 0 Å². The van der Waals surface area contributed by atoms with E-state index in [1.165, 1.54) is 39.8 Å². The maximum Gasteiger partial charge on any atom is 0.244 e. The molecule has 1 aromatic carbocycles. The molecule has 2 aliphatic carbocycles. The Kier molecular flexibility index (Phi) is 9.23. The minimum atomic E-state index is -3.73. The molecule has 4 rings (SSSR count). The molecule has 1 heterocycles. The highest BCUT2D eigenvalue weighted by molar-refractivity contribution is 8.93. The van der Waals surface area contributed by atoms with E-state index in [1.807, 2.05) is 0 Å². The summed E-state index contributed by atoms with van der Waals surface area (Å²) in [5.41, 5.74) is -0.740. The van der Waals surface area contributed by atoms with Crippen LogP contribution in [0.5, 0.6) is 0 Å². The van der Waals surface area contributed by atoms with Gasteiger partial charge in [0.15, 0.2) is 10.9 Å². The van der Waals surface area contributed by atoms with Crippen molar-refractivity contribution >= 4 is 55.5 Å². The number of hydrogen-bond acceptors (Lipinski definition) is 5. The zero-order chi connectivity index (χ0) is 22.9. The molecule has 10 heteroatoms. The largest absolute Gasteiger partial charge is 0.366 e. The SMILES string of the molecule is Br.CN(C)S(=O)(=O)c1cc(C2(O)CSC(=NC3CCCCC3)N2C2CCCCC2)ccc1Cl. The summed E-state index contributed by atoms with van der Waals surface area (Å²) >= 11 is 7.89. The van der Waals surface area contributed by atoms with E-state index in [4.69, 9.17) is 16.6 Å². The van der Waals surface area contributed by atoms with Gasteiger partial charge in [-0.25, -0.2) is 12.7 Å². The quantitative estimate of drug-likeness (QED) is 0.506. The zero-order valence-electron chi connectivity index (χ0n) is 19.4. The smallest absolute Gasteiger partial charge is 0.244 e. The lowest BCUT2D eigenvalue weighted by molar-refractivity contribution is -0.0737. The van der Waals surface area contributed by atoms with Gasteiger partial charge in [-0.05, 0) is 37.8 Å². The molecular weight excluding hydrogens is 546 g/mol. The van der Waals surface area contributed by atoms with Crippen molar-refractivity contribution in [3.8, 4) is 0 Å². The average molecular weight is 581 g/mol.